The molecular formula is C11H18N2O3. The molecule has 0 aromatic carbocycles. The topological polar surface area (TPSA) is 77.5 Å². The van der Waals surface area contributed by atoms with E-state index in [-0.39, 0.29) is 0 Å². The van der Waals surface area contributed by atoms with Gasteiger partial charge in [0, 0.05) is 19.0 Å². The van der Waals surface area contributed by atoms with Crippen LogP contribution in [0.5, 0.6) is 0 Å². The van der Waals surface area contributed by atoms with E-state index in [2.05, 4.69) is 17.0 Å². The summed E-state index contributed by atoms with van der Waals surface area (Å²) < 4.78 is 9.83. The molecule has 90 valence electrons. The molecule has 1 heterocycles. The SMILES string of the molecule is CC(CCc1ccco1)NCCOC(N)=O. The lowest BCUT2D eigenvalue weighted by molar-refractivity contribution is 0.156. The van der Waals surface area contributed by atoms with E-state index in [1.54, 1.807) is 6.26 Å². The van der Waals surface area contributed by atoms with Crippen LogP contribution in [0.3, 0.4) is 0 Å². The minimum atomic E-state index is -0.731. The first-order valence-corrected chi connectivity index (χ1v) is 5.36. The molecule has 0 fully saturated rings. The Hall–Kier alpha value is -1.49. The molecular weight excluding hydrogens is 208 g/mol. The Morgan fingerprint density at radius 2 is 2.50 bits per heavy atom. The third-order valence-electron chi connectivity index (χ3n) is 2.24. The Kier molecular flexibility index (Phi) is 5.42. The van der Waals surface area contributed by atoms with Gasteiger partial charge in [0.15, 0.2) is 0 Å². The number of amides is 1. The number of carbonyl (C=O) groups is 1. The van der Waals surface area contributed by atoms with Crippen LogP contribution in [0.4, 0.5) is 4.79 Å². The van der Waals surface area contributed by atoms with Crippen molar-refractivity contribution in [3.8, 4) is 0 Å². The summed E-state index contributed by atoms with van der Waals surface area (Å²) in [7, 11) is 0. The molecule has 1 amide bonds. The quantitative estimate of drug-likeness (QED) is 0.687. The van der Waals surface area contributed by atoms with Crippen LogP contribution in [0.2, 0.25) is 0 Å². The van der Waals surface area contributed by atoms with Crippen LogP contribution in [0.15, 0.2) is 22.8 Å². The summed E-state index contributed by atoms with van der Waals surface area (Å²) in [5.41, 5.74) is 4.83. The average Bonchev–Trinajstić information content (AvgIpc) is 2.74. The van der Waals surface area contributed by atoms with Crippen molar-refractivity contribution in [1.82, 2.24) is 5.32 Å². The molecule has 3 N–H and O–H groups in total. The molecule has 0 aliphatic rings. The summed E-state index contributed by atoms with van der Waals surface area (Å²) in [6, 6.07) is 4.19. The number of aryl methyl sites for hydroxylation is 1. The number of carbonyl (C=O) groups excluding carboxylic acids is 1. The average molecular weight is 226 g/mol. The molecule has 0 aliphatic carbocycles. The lowest BCUT2D eigenvalue weighted by Gasteiger charge is -2.12. The number of furan rings is 1. The predicted molar refractivity (Wildman–Crippen MR) is 60.0 cm³/mol. The molecule has 16 heavy (non-hydrogen) atoms. The van der Waals surface area contributed by atoms with Gasteiger partial charge in [-0.2, -0.15) is 0 Å². The minimum absolute atomic E-state index is 0.306. The standard InChI is InChI=1S/C11H18N2O3/c1-9(13-6-8-16-11(12)14)4-5-10-3-2-7-15-10/h2-3,7,9,13H,4-6,8H2,1H3,(H2,12,14). The molecule has 0 aliphatic heterocycles. The van der Waals surface area contributed by atoms with Gasteiger partial charge >= 0.3 is 6.09 Å². The lowest BCUT2D eigenvalue weighted by atomic mass is 10.1. The normalized spacial score (nSPS) is 12.3. The molecule has 5 heteroatoms. The van der Waals surface area contributed by atoms with E-state index in [4.69, 9.17) is 10.2 Å². The summed E-state index contributed by atoms with van der Waals surface area (Å²) in [6.45, 7) is 3.00. The largest absolute Gasteiger partial charge is 0.469 e. The zero-order chi connectivity index (χ0) is 11.8. The van der Waals surface area contributed by atoms with Crippen LogP contribution in [-0.4, -0.2) is 25.3 Å². The second-order valence-electron chi connectivity index (χ2n) is 3.64. The van der Waals surface area contributed by atoms with Crippen LogP contribution < -0.4 is 11.1 Å². The van der Waals surface area contributed by atoms with Crippen LogP contribution in [0.1, 0.15) is 19.1 Å². The Morgan fingerprint density at radius 3 is 3.12 bits per heavy atom. The molecule has 0 saturated carbocycles. The predicted octanol–water partition coefficient (Wildman–Crippen LogP) is 1.29. The van der Waals surface area contributed by atoms with Gasteiger partial charge in [-0.3, -0.25) is 0 Å². The van der Waals surface area contributed by atoms with Gasteiger partial charge in [0.2, 0.25) is 0 Å². The lowest BCUT2D eigenvalue weighted by Crippen LogP contribution is -2.31. The van der Waals surface area contributed by atoms with Crippen molar-refractivity contribution in [3.05, 3.63) is 24.2 Å². The third kappa shape index (κ3) is 5.41. The molecule has 1 rings (SSSR count). The van der Waals surface area contributed by atoms with Crippen molar-refractivity contribution in [1.29, 1.82) is 0 Å². The van der Waals surface area contributed by atoms with E-state index in [1.807, 2.05) is 12.1 Å². The van der Waals surface area contributed by atoms with Gasteiger partial charge in [-0.15, -0.1) is 0 Å². The number of rotatable bonds is 7. The van der Waals surface area contributed by atoms with Crippen molar-refractivity contribution in [3.63, 3.8) is 0 Å². The molecule has 0 bridgehead atoms. The van der Waals surface area contributed by atoms with Crippen molar-refractivity contribution < 1.29 is 13.9 Å². The molecule has 1 unspecified atom stereocenters. The molecule has 1 aromatic rings. The second kappa shape index (κ2) is 6.90. The van der Waals surface area contributed by atoms with E-state index < -0.39 is 6.09 Å². The number of hydrogen-bond donors (Lipinski definition) is 2. The molecule has 0 saturated heterocycles. The maximum Gasteiger partial charge on any atom is 0.404 e. The minimum Gasteiger partial charge on any atom is -0.469 e. The van der Waals surface area contributed by atoms with E-state index in [9.17, 15) is 4.79 Å². The van der Waals surface area contributed by atoms with Gasteiger partial charge in [-0.25, -0.2) is 4.79 Å². The van der Waals surface area contributed by atoms with E-state index in [0.717, 1.165) is 18.6 Å². The van der Waals surface area contributed by atoms with Gasteiger partial charge in [0.05, 0.1) is 6.26 Å². The summed E-state index contributed by atoms with van der Waals surface area (Å²) >= 11 is 0. The summed E-state index contributed by atoms with van der Waals surface area (Å²) in [5, 5.41) is 3.23. The smallest absolute Gasteiger partial charge is 0.404 e. The van der Waals surface area contributed by atoms with Gasteiger partial charge in [-0.05, 0) is 25.5 Å². The van der Waals surface area contributed by atoms with Crippen LogP contribution in [-0.2, 0) is 11.2 Å². The van der Waals surface area contributed by atoms with E-state index >= 15 is 0 Å². The highest BCUT2D eigenvalue weighted by molar-refractivity contribution is 5.64. The molecule has 1 aromatic heterocycles. The first kappa shape index (κ1) is 12.6. The number of hydrogen-bond acceptors (Lipinski definition) is 4. The molecule has 1 atom stereocenters. The third-order valence-corrected chi connectivity index (χ3v) is 2.24. The maximum atomic E-state index is 10.3. The maximum absolute atomic E-state index is 10.3. The fourth-order valence-electron chi connectivity index (χ4n) is 1.37. The zero-order valence-electron chi connectivity index (χ0n) is 9.44. The number of primary amides is 1. The van der Waals surface area contributed by atoms with Crippen molar-refractivity contribution in [2.75, 3.05) is 13.2 Å². The summed E-state index contributed by atoms with van der Waals surface area (Å²) in [5.74, 6) is 0.988. The second-order valence-corrected chi connectivity index (χ2v) is 3.64. The Bertz CT molecular complexity index is 298. The van der Waals surface area contributed by atoms with Crippen molar-refractivity contribution in [2.24, 2.45) is 5.73 Å². The fraction of sp³-hybridized carbons (Fsp3) is 0.545. The van der Waals surface area contributed by atoms with Gasteiger partial charge in [0.1, 0.15) is 12.4 Å². The highest BCUT2D eigenvalue weighted by Crippen LogP contribution is 2.05. The molecule has 0 spiro atoms. The van der Waals surface area contributed by atoms with Crippen LogP contribution in [0.25, 0.3) is 0 Å². The highest BCUT2D eigenvalue weighted by atomic mass is 16.5. The van der Waals surface area contributed by atoms with Crippen LogP contribution >= 0.6 is 0 Å². The van der Waals surface area contributed by atoms with Crippen molar-refractivity contribution >= 4 is 6.09 Å². The highest BCUT2D eigenvalue weighted by Gasteiger charge is 2.03. The summed E-state index contributed by atoms with van der Waals surface area (Å²) in [6.07, 6.45) is 2.82. The molecule has 0 radical (unpaired) electrons. The Balaban J connectivity index is 2.02. The van der Waals surface area contributed by atoms with Gasteiger partial charge < -0.3 is 20.2 Å². The van der Waals surface area contributed by atoms with Gasteiger partial charge in [-0.1, -0.05) is 0 Å². The van der Waals surface area contributed by atoms with Gasteiger partial charge in [0.25, 0.3) is 0 Å². The number of ether oxygens (including phenoxy) is 1. The Labute approximate surface area is 94.9 Å². The first-order valence-electron chi connectivity index (χ1n) is 5.36. The van der Waals surface area contributed by atoms with E-state index in [1.165, 1.54) is 0 Å². The monoisotopic (exact) mass is 226 g/mol. The van der Waals surface area contributed by atoms with E-state index in [0.29, 0.717) is 19.2 Å². The first-order chi connectivity index (χ1) is 7.68. The van der Waals surface area contributed by atoms with Crippen LogP contribution in [0, 0.1) is 0 Å². The fourth-order valence-corrected chi connectivity index (χ4v) is 1.37. The number of nitrogens with two attached hydrogens (primary N) is 1. The zero-order valence-corrected chi connectivity index (χ0v) is 9.44. The Morgan fingerprint density at radius 1 is 1.69 bits per heavy atom. The summed E-state index contributed by atoms with van der Waals surface area (Å²) in [4.78, 5) is 10.3. The molecule has 5 nitrogen and oxygen atoms in total. The number of nitrogens with one attached hydrogen (secondary N) is 1. The van der Waals surface area contributed by atoms with Crippen molar-refractivity contribution in [2.45, 2.75) is 25.8 Å².